The molecule has 0 amide bonds. The van der Waals surface area contributed by atoms with Gasteiger partial charge < -0.3 is 5.32 Å². The summed E-state index contributed by atoms with van der Waals surface area (Å²) in [6, 6.07) is 8.57. The first-order valence-electron chi connectivity index (χ1n) is 6.78. The van der Waals surface area contributed by atoms with Crippen molar-refractivity contribution < 1.29 is 8.42 Å². The number of nitrogens with one attached hydrogen (secondary N) is 2. The van der Waals surface area contributed by atoms with E-state index in [1.165, 1.54) is 11.1 Å². The Balaban J connectivity index is 2.44. The Labute approximate surface area is 116 Å². The maximum atomic E-state index is 11.5. The molecular formula is C14H24N2O2S. The van der Waals surface area contributed by atoms with E-state index in [1.807, 2.05) is 6.92 Å². The number of hydrogen-bond donors (Lipinski definition) is 2. The Hall–Kier alpha value is -0.910. The van der Waals surface area contributed by atoms with Gasteiger partial charge >= 0.3 is 0 Å². The molecule has 5 heteroatoms. The molecule has 108 valence electrons. The molecule has 0 fully saturated rings. The van der Waals surface area contributed by atoms with Gasteiger partial charge in [-0.2, -0.15) is 0 Å². The van der Waals surface area contributed by atoms with Crippen molar-refractivity contribution in [1.82, 2.24) is 10.0 Å². The molecule has 0 aliphatic carbocycles. The van der Waals surface area contributed by atoms with E-state index in [1.54, 1.807) is 6.92 Å². The van der Waals surface area contributed by atoms with Crippen LogP contribution in [0.15, 0.2) is 24.3 Å². The summed E-state index contributed by atoms with van der Waals surface area (Å²) in [4.78, 5) is 0. The number of benzene rings is 1. The monoisotopic (exact) mass is 284 g/mol. The molecule has 0 spiro atoms. The molecule has 0 aromatic heterocycles. The summed E-state index contributed by atoms with van der Waals surface area (Å²) in [5, 5.41) is 3.23. The smallest absolute Gasteiger partial charge is 0.212 e. The number of sulfonamides is 1. The predicted octanol–water partition coefficient (Wildman–Crippen LogP) is 1.84. The predicted molar refractivity (Wildman–Crippen MR) is 79.7 cm³/mol. The highest BCUT2D eigenvalue weighted by atomic mass is 32.2. The van der Waals surface area contributed by atoms with E-state index in [4.69, 9.17) is 0 Å². The Morgan fingerprint density at radius 2 is 1.79 bits per heavy atom. The zero-order chi connectivity index (χ0) is 14.3. The SMILES string of the molecule is CCNS(=O)(=O)CCNC(C)c1ccc(CC)cc1. The quantitative estimate of drug-likeness (QED) is 0.766. The topological polar surface area (TPSA) is 58.2 Å². The van der Waals surface area contributed by atoms with Crippen LogP contribution in [0.3, 0.4) is 0 Å². The molecule has 4 nitrogen and oxygen atoms in total. The Morgan fingerprint density at radius 3 is 2.32 bits per heavy atom. The average Bonchev–Trinajstić information content (AvgIpc) is 2.38. The van der Waals surface area contributed by atoms with Crippen molar-refractivity contribution in [2.24, 2.45) is 0 Å². The molecule has 1 aromatic carbocycles. The molecule has 0 aliphatic heterocycles. The molecule has 1 unspecified atom stereocenters. The van der Waals surface area contributed by atoms with Gasteiger partial charge in [-0.1, -0.05) is 38.1 Å². The van der Waals surface area contributed by atoms with E-state index in [9.17, 15) is 8.42 Å². The third-order valence-corrected chi connectivity index (χ3v) is 4.54. The lowest BCUT2D eigenvalue weighted by molar-refractivity contribution is 0.564. The van der Waals surface area contributed by atoms with Crippen molar-refractivity contribution in [2.45, 2.75) is 33.2 Å². The van der Waals surface area contributed by atoms with Gasteiger partial charge in [0.2, 0.25) is 10.0 Å². The lowest BCUT2D eigenvalue weighted by Gasteiger charge is -2.14. The molecule has 1 aromatic rings. The van der Waals surface area contributed by atoms with Gasteiger partial charge in [0.25, 0.3) is 0 Å². The first-order chi connectivity index (χ1) is 8.98. The molecule has 0 saturated carbocycles. The van der Waals surface area contributed by atoms with Crippen LogP contribution < -0.4 is 10.0 Å². The fourth-order valence-electron chi connectivity index (χ4n) is 1.86. The van der Waals surface area contributed by atoms with Crippen LogP contribution in [0.2, 0.25) is 0 Å². The van der Waals surface area contributed by atoms with Gasteiger partial charge in [0, 0.05) is 19.1 Å². The highest BCUT2D eigenvalue weighted by Gasteiger charge is 2.10. The summed E-state index contributed by atoms with van der Waals surface area (Å²) < 4.78 is 25.4. The normalized spacial score (nSPS) is 13.4. The molecule has 0 saturated heterocycles. The largest absolute Gasteiger partial charge is 0.309 e. The molecular weight excluding hydrogens is 260 g/mol. The third kappa shape index (κ3) is 5.72. The van der Waals surface area contributed by atoms with Crippen LogP contribution in [0, 0.1) is 0 Å². The molecule has 1 atom stereocenters. The minimum atomic E-state index is -3.13. The van der Waals surface area contributed by atoms with Gasteiger partial charge in [0.05, 0.1) is 5.75 Å². The van der Waals surface area contributed by atoms with Gasteiger partial charge in [-0.3, -0.25) is 0 Å². The van der Waals surface area contributed by atoms with Gasteiger partial charge in [0.1, 0.15) is 0 Å². The van der Waals surface area contributed by atoms with Gasteiger partial charge in [-0.05, 0) is 24.5 Å². The number of hydrogen-bond acceptors (Lipinski definition) is 3. The first-order valence-corrected chi connectivity index (χ1v) is 8.43. The minimum absolute atomic E-state index is 0.109. The highest BCUT2D eigenvalue weighted by Crippen LogP contribution is 2.13. The summed E-state index contributed by atoms with van der Waals surface area (Å²) in [5.41, 5.74) is 2.49. The average molecular weight is 284 g/mol. The summed E-state index contributed by atoms with van der Waals surface area (Å²) >= 11 is 0. The Kier molecular flexibility index (Phi) is 6.48. The summed E-state index contributed by atoms with van der Waals surface area (Å²) in [6.07, 6.45) is 1.03. The van der Waals surface area contributed by atoms with Crippen LogP contribution in [-0.2, 0) is 16.4 Å². The standard InChI is InChI=1S/C14H24N2O2S/c1-4-13-6-8-14(9-7-13)12(3)15-10-11-19(17,18)16-5-2/h6-9,12,15-16H,4-5,10-11H2,1-3H3. The van der Waals surface area contributed by atoms with Crippen LogP contribution in [0.4, 0.5) is 0 Å². The fourth-order valence-corrected chi connectivity index (χ4v) is 2.83. The van der Waals surface area contributed by atoms with E-state index in [-0.39, 0.29) is 11.8 Å². The van der Waals surface area contributed by atoms with Gasteiger partial charge in [-0.25, -0.2) is 13.1 Å². The second-order valence-electron chi connectivity index (χ2n) is 4.59. The zero-order valence-corrected chi connectivity index (χ0v) is 12.8. The maximum Gasteiger partial charge on any atom is 0.212 e. The zero-order valence-electron chi connectivity index (χ0n) is 11.9. The first kappa shape index (κ1) is 16.1. The molecule has 1 rings (SSSR count). The Bertz CT molecular complexity index is 469. The maximum absolute atomic E-state index is 11.5. The van der Waals surface area contributed by atoms with Crippen molar-refractivity contribution in [3.63, 3.8) is 0 Å². The lowest BCUT2D eigenvalue weighted by atomic mass is 10.1. The second-order valence-corrected chi connectivity index (χ2v) is 6.51. The molecule has 0 bridgehead atoms. The van der Waals surface area contributed by atoms with E-state index in [2.05, 4.69) is 41.2 Å². The van der Waals surface area contributed by atoms with Crippen molar-refractivity contribution >= 4 is 10.0 Å². The lowest BCUT2D eigenvalue weighted by Crippen LogP contribution is -2.32. The molecule has 0 heterocycles. The van der Waals surface area contributed by atoms with Crippen molar-refractivity contribution in [3.05, 3.63) is 35.4 Å². The van der Waals surface area contributed by atoms with Gasteiger partial charge in [0.15, 0.2) is 0 Å². The Morgan fingerprint density at radius 1 is 1.16 bits per heavy atom. The van der Waals surface area contributed by atoms with Crippen LogP contribution in [0.25, 0.3) is 0 Å². The van der Waals surface area contributed by atoms with Crippen LogP contribution in [0.5, 0.6) is 0 Å². The van der Waals surface area contributed by atoms with E-state index >= 15 is 0 Å². The van der Waals surface area contributed by atoms with E-state index in [0.717, 1.165) is 6.42 Å². The summed E-state index contributed by atoms with van der Waals surface area (Å²) in [5.74, 6) is 0.109. The van der Waals surface area contributed by atoms with Crippen LogP contribution in [0.1, 0.15) is 37.9 Å². The van der Waals surface area contributed by atoms with Crippen LogP contribution >= 0.6 is 0 Å². The molecule has 0 aliphatic rings. The number of rotatable bonds is 8. The van der Waals surface area contributed by atoms with E-state index in [0.29, 0.717) is 13.1 Å². The minimum Gasteiger partial charge on any atom is -0.309 e. The molecule has 2 N–H and O–H groups in total. The summed E-state index contributed by atoms with van der Waals surface area (Å²) in [6.45, 7) is 6.84. The third-order valence-electron chi connectivity index (χ3n) is 3.07. The molecule has 0 radical (unpaired) electrons. The number of aryl methyl sites for hydroxylation is 1. The van der Waals surface area contributed by atoms with Crippen molar-refractivity contribution in [1.29, 1.82) is 0 Å². The van der Waals surface area contributed by atoms with Crippen molar-refractivity contribution in [2.75, 3.05) is 18.8 Å². The van der Waals surface area contributed by atoms with Gasteiger partial charge in [-0.15, -0.1) is 0 Å². The van der Waals surface area contributed by atoms with Crippen molar-refractivity contribution in [3.8, 4) is 0 Å². The highest BCUT2D eigenvalue weighted by molar-refractivity contribution is 7.89. The summed E-state index contributed by atoms with van der Waals surface area (Å²) in [7, 11) is -3.13. The van der Waals surface area contributed by atoms with E-state index < -0.39 is 10.0 Å². The second kappa shape index (κ2) is 7.62. The fraction of sp³-hybridized carbons (Fsp3) is 0.571. The molecule has 19 heavy (non-hydrogen) atoms. The van der Waals surface area contributed by atoms with Crippen LogP contribution in [-0.4, -0.2) is 27.3 Å².